The number of H-pyrrole nitrogens is 1. The zero-order valence-electron chi connectivity index (χ0n) is 13.1. The first-order chi connectivity index (χ1) is 12.6. The van der Waals surface area contributed by atoms with Crippen LogP contribution in [0.4, 0.5) is 30.8 Å². The first-order valence-electron chi connectivity index (χ1n) is 7.08. The summed E-state index contributed by atoms with van der Waals surface area (Å²) in [7, 11) is 0. The van der Waals surface area contributed by atoms with Crippen LogP contribution in [0.15, 0.2) is 35.5 Å². The zero-order valence-corrected chi connectivity index (χ0v) is 14.7. The number of halogens is 4. The zero-order chi connectivity index (χ0) is 19.8. The summed E-state index contributed by atoms with van der Waals surface area (Å²) < 4.78 is 60.7. The van der Waals surface area contributed by atoms with Crippen molar-refractivity contribution in [3.05, 3.63) is 41.0 Å². The molecule has 0 bridgehead atoms. The molecule has 0 aliphatic rings. The number of nitrogens with one attached hydrogen (secondary N) is 2. The van der Waals surface area contributed by atoms with Gasteiger partial charge in [0.05, 0.1) is 10.6 Å². The molecule has 0 fully saturated rings. The number of rotatable bonds is 4. The van der Waals surface area contributed by atoms with Gasteiger partial charge in [0.1, 0.15) is 0 Å². The molecular formula is C14H10ClF3N6O2S. The molecule has 2 heterocycles. The summed E-state index contributed by atoms with van der Waals surface area (Å²) in [4.78, 5) is 7.43. The van der Waals surface area contributed by atoms with Crippen LogP contribution in [0, 0.1) is 0 Å². The van der Waals surface area contributed by atoms with Gasteiger partial charge in [-0.05, 0) is 24.3 Å². The third kappa shape index (κ3) is 4.18. The molecule has 0 radical (unpaired) electrons. The third-order valence-corrected chi connectivity index (χ3v) is 4.26. The van der Waals surface area contributed by atoms with Gasteiger partial charge in [0, 0.05) is 23.0 Å². The van der Waals surface area contributed by atoms with Crippen LogP contribution in [-0.2, 0) is 17.3 Å². The van der Waals surface area contributed by atoms with Crippen molar-refractivity contribution in [1.82, 2.24) is 20.2 Å². The van der Waals surface area contributed by atoms with E-state index in [1.165, 1.54) is 12.1 Å². The van der Waals surface area contributed by atoms with Crippen LogP contribution >= 0.6 is 11.6 Å². The number of hydrogen-bond acceptors (Lipinski definition) is 6. The number of aromatic nitrogens is 4. The van der Waals surface area contributed by atoms with Crippen LogP contribution < -0.4 is 11.1 Å². The number of nitrogen functional groups attached to an aromatic ring is 1. The Balaban J connectivity index is 2.09. The molecule has 0 saturated heterocycles. The van der Waals surface area contributed by atoms with Gasteiger partial charge in [-0.2, -0.15) is 18.2 Å². The minimum Gasteiger partial charge on any atom is -0.368 e. The molecule has 0 aliphatic heterocycles. The van der Waals surface area contributed by atoms with Crippen molar-refractivity contribution in [2.75, 3.05) is 11.1 Å². The lowest BCUT2D eigenvalue weighted by atomic mass is 9.99. The maximum Gasteiger partial charge on any atom is 0.417 e. The second-order valence-corrected chi connectivity index (χ2v) is 6.51. The van der Waals surface area contributed by atoms with E-state index in [9.17, 15) is 17.4 Å². The number of nitrogens with zero attached hydrogens (tertiary/aromatic N) is 3. The molecular weight excluding hydrogens is 409 g/mol. The summed E-state index contributed by atoms with van der Waals surface area (Å²) in [5.41, 5.74) is 4.07. The van der Waals surface area contributed by atoms with Crippen molar-refractivity contribution >= 4 is 40.3 Å². The van der Waals surface area contributed by atoms with Gasteiger partial charge < -0.3 is 15.6 Å². The highest BCUT2D eigenvalue weighted by Crippen LogP contribution is 2.43. The topological polar surface area (TPSA) is 130 Å². The van der Waals surface area contributed by atoms with E-state index in [-0.39, 0.29) is 38.8 Å². The Morgan fingerprint density at radius 3 is 2.56 bits per heavy atom. The van der Waals surface area contributed by atoms with Gasteiger partial charge in [-0.3, -0.25) is 0 Å². The van der Waals surface area contributed by atoms with Crippen LogP contribution in [0.1, 0.15) is 5.56 Å². The fraction of sp³-hybridized carbons (Fsp3) is 0.0714. The summed E-state index contributed by atoms with van der Waals surface area (Å²) >= 11 is 3.75. The van der Waals surface area contributed by atoms with Crippen LogP contribution in [-0.4, -0.2) is 28.9 Å². The van der Waals surface area contributed by atoms with Crippen molar-refractivity contribution < 1.29 is 21.9 Å². The lowest BCUT2D eigenvalue weighted by molar-refractivity contribution is -0.137. The standard InChI is InChI=1S/C14H10ClF3N6O2S/c15-9-4-7(21-13-22-12(19)23-24-13)3-8(14(16,17)18)11(9)6-1-2-10(20-5-6)27(25)26/h1-5H,(H,25,26)(H4,19,21,22,23,24). The van der Waals surface area contributed by atoms with E-state index in [1.807, 2.05) is 0 Å². The minimum absolute atomic E-state index is 0.00360. The summed E-state index contributed by atoms with van der Waals surface area (Å²) in [5, 5.41) is 8.20. The summed E-state index contributed by atoms with van der Waals surface area (Å²) in [6, 6.07) is 4.48. The minimum atomic E-state index is -4.73. The molecule has 13 heteroatoms. The molecule has 0 aliphatic carbocycles. The number of benzene rings is 1. The third-order valence-electron chi connectivity index (χ3n) is 3.36. The van der Waals surface area contributed by atoms with Crippen molar-refractivity contribution in [2.45, 2.75) is 11.2 Å². The van der Waals surface area contributed by atoms with Crippen molar-refractivity contribution in [3.8, 4) is 11.1 Å². The first-order valence-corrected chi connectivity index (χ1v) is 8.56. The smallest absolute Gasteiger partial charge is 0.368 e. The van der Waals surface area contributed by atoms with Crippen molar-refractivity contribution in [3.63, 3.8) is 0 Å². The van der Waals surface area contributed by atoms with E-state index >= 15 is 0 Å². The van der Waals surface area contributed by atoms with Gasteiger partial charge in [0.2, 0.25) is 23.0 Å². The molecule has 0 spiro atoms. The molecule has 5 N–H and O–H groups in total. The van der Waals surface area contributed by atoms with E-state index in [2.05, 4.69) is 25.5 Å². The quantitative estimate of drug-likeness (QED) is 0.477. The van der Waals surface area contributed by atoms with E-state index in [0.29, 0.717) is 0 Å². The van der Waals surface area contributed by atoms with E-state index in [1.54, 1.807) is 0 Å². The fourth-order valence-corrected chi connectivity index (χ4v) is 2.94. The van der Waals surface area contributed by atoms with Gasteiger partial charge in [0.15, 0.2) is 5.03 Å². The molecule has 2 aromatic heterocycles. The largest absolute Gasteiger partial charge is 0.417 e. The predicted molar refractivity (Wildman–Crippen MR) is 92.8 cm³/mol. The Morgan fingerprint density at radius 1 is 1.30 bits per heavy atom. The molecule has 1 atom stereocenters. The van der Waals surface area contributed by atoms with E-state index < -0.39 is 22.8 Å². The molecule has 0 amide bonds. The average Bonchev–Trinajstić information content (AvgIpc) is 2.98. The van der Waals surface area contributed by atoms with Crippen molar-refractivity contribution in [2.24, 2.45) is 0 Å². The molecule has 0 saturated carbocycles. The molecule has 8 nitrogen and oxygen atoms in total. The van der Waals surface area contributed by atoms with Crippen LogP contribution in [0.2, 0.25) is 5.02 Å². The molecule has 3 aromatic rings. The monoisotopic (exact) mass is 418 g/mol. The first kappa shape index (κ1) is 19.1. The molecule has 1 aromatic carbocycles. The number of aromatic amines is 1. The van der Waals surface area contributed by atoms with E-state index in [4.69, 9.17) is 21.9 Å². The second-order valence-electron chi connectivity index (χ2n) is 5.18. The van der Waals surface area contributed by atoms with Gasteiger partial charge in [-0.25, -0.2) is 14.3 Å². The molecule has 27 heavy (non-hydrogen) atoms. The number of pyridine rings is 1. The maximum atomic E-state index is 13.6. The Hall–Kier alpha value is -2.70. The van der Waals surface area contributed by atoms with Crippen molar-refractivity contribution in [1.29, 1.82) is 0 Å². The molecule has 1 unspecified atom stereocenters. The lowest BCUT2D eigenvalue weighted by Crippen LogP contribution is -2.09. The average molecular weight is 419 g/mol. The number of anilines is 3. The number of nitrogens with two attached hydrogens (primary N) is 1. The predicted octanol–water partition coefficient (Wildman–Crippen LogP) is 3.45. The Kier molecular flexibility index (Phi) is 5.04. The SMILES string of the molecule is Nc1nc(Nc2cc(Cl)c(-c3ccc(S(=O)O)nc3)c(C(F)(F)F)c2)n[nH]1. The second kappa shape index (κ2) is 7.13. The van der Waals surface area contributed by atoms with Crippen LogP contribution in [0.3, 0.4) is 0 Å². The molecule has 3 rings (SSSR count). The summed E-state index contributed by atoms with van der Waals surface area (Å²) in [5.74, 6) is -0.0374. The Labute approximate surface area is 157 Å². The lowest BCUT2D eigenvalue weighted by Gasteiger charge is -2.16. The van der Waals surface area contributed by atoms with Gasteiger partial charge >= 0.3 is 6.18 Å². The highest BCUT2D eigenvalue weighted by Gasteiger charge is 2.35. The van der Waals surface area contributed by atoms with Gasteiger partial charge in [0.25, 0.3) is 0 Å². The maximum absolute atomic E-state index is 13.6. The van der Waals surface area contributed by atoms with Gasteiger partial charge in [-0.1, -0.05) is 11.6 Å². The number of alkyl halides is 3. The van der Waals surface area contributed by atoms with Gasteiger partial charge in [-0.15, -0.1) is 5.10 Å². The van der Waals surface area contributed by atoms with E-state index in [0.717, 1.165) is 18.3 Å². The Morgan fingerprint density at radius 2 is 2.04 bits per heavy atom. The number of hydrogen-bond donors (Lipinski definition) is 4. The highest BCUT2D eigenvalue weighted by molar-refractivity contribution is 7.79. The Bertz CT molecular complexity index is 1010. The fourth-order valence-electron chi connectivity index (χ4n) is 2.29. The normalized spacial score (nSPS) is 12.8. The molecule has 142 valence electrons. The van der Waals surface area contributed by atoms with Crippen LogP contribution in [0.5, 0.6) is 0 Å². The summed E-state index contributed by atoms with van der Waals surface area (Å²) in [6.07, 6.45) is -3.68. The summed E-state index contributed by atoms with van der Waals surface area (Å²) in [6.45, 7) is 0. The van der Waals surface area contributed by atoms with Crippen LogP contribution in [0.25, 0.3) is 11.1 Å². The highest BCUT2D eigenvalue weighted by atomic mass is 35.5.